The lowest BCUT2D eigenvalue weighted by Gasteiger charge is -2.17. The number of likely N-dealkylation sites (N-methyl/N-ethyl adjacent to an activating group) is 1. The van der Waals surface area contributed by atoms with Gasteiger partial charge in [-0.05, 0) is 27.1 Å². The third-order valence-corrected chi connectivity index (χ3v) is 2.84. The number of furan rings is 1. The molecule has 92 valence electrons. The van der Waals surface area contributed by atoms with E-state index >= 15 is 0 Å². The fraction of sp³-hybridized carbons (Fsp3) is 0.429. The van der Waals surface area contributed by atoms with Crippen LogP contribution in [-0.2, 0) is 6.54 Å². The number of benzene rings is 1. The first-order valence-corrected chi connectivity index (χ1v) is 6.00. The van der Waals surface area contributed by atoms with Crippen LogP contribution in [0.5, 0.6) is 0 Å². The van der Waals surface area contributed by atoms with Crippen LogP contribution in [0, 0.1) is 0 Å². The predicted molar refractivity (Wildman–Crippen MR) is 71.1 cm³/mol. The first-order chi connectivity index (χ1) is 8.16. The standard InChI is InChI=1S/C14H20N2O/c1-11(9-16(2)3)15-8-12-10-17-14-7-5-4-6-13(12)14/h4-7,10-11,15H,8-9H2,1-3H3. The Labute approximate surface area is 102 Å². The van der Waals surface area contributed by atoms with Crippen LogP contribution in [0.1, 0.15) is 12.5 Å². The molecule has 1 N–H and O–H groups in total. The van der Waals surface area contributed by atoms with E-state index in [1.54, 1.807) is 0 Å². The Morgan fingerprint density at radius 3 is 2.82 bits per heavy atom. The van der Waals surface area contributed by atoms with Crippen molar-refractivity contribution in [3.63, 3.8) is 0 Å². The highest BCUT2D eigenvalue weighted by Gasteiger charge is 2.07. The average molecular weight is 232 g/mol. The number of hydrogen-bond acceptors (Lipinski definition) is 3. The number of hydrogen-bond donors (Lipinski definition) is 1. The maximum Gasteiger partial charge on any atom is 0.134 e. The van der Waals surface area contributed by atoms with Gasteiger partial charge >= 0.3 is 0 Å². The molecule has 0 aliphatic heterocycles. The average Bonchev–Trinajstić information content (AvgIpc) is 2.69. The van der Waals surface area contributed by atoms with Gasteiger partial charge in [-0.15, -0.1) is 0 Å². The summed E-state index contributed by atoms with van der Waals surface area (Å²) in [6, 6.07) is 8.62. The predicted octanol–water partition coefficient (Wildman–Crippen LogP) is 2.47. The summed E-state index contributed by atoms with van der Waals surface area (Å²) in [5.41, 5.74) is 2.19. The van der Waals surface area contributed by atoms with Gasteiger partial charge < -0.3 is 14.6 Å². The van der Waals surface area contributed by atoms with Crippen LogP contribution >= 0.6 is 0 Å². The molecule has 0 saturated heterocycles. The molecule has 0 amide bonds. The van der Waals surface area contributed by atoms with Crippen molar-refractivity contribution in [2.45, 2.75) is 19.5 Å². The monoisotopic (exact) mass is 232 g/mol. The van der Waals surface area contributed by atoms with Crippen molar-refractivity contribution in [3.05, 3.63) is 36.1 Å². The second kappa shape index (κ2) is 5.34. The third kappa shape index (κ3) is 3.08. The smallest absolute Gasteiger partial charge is 0.134 e. The molecular weight excluding hydrogens is 212 g/mol. The van der Waals surface area contributed by atoms with E-state index < -0.39 is 0 Å². The summed E-state index contributed by atoms with van der Waals surface area (Å²) in [5.74, 6) is 0. The molecule has 17 heavy (non-hydrogen) atoms. The maximum atomic E-state index is 5.51. The highest BCUT2D eigenvalue weighted by molar-refractivity contribution is 5.80. The molecule has 0 bridgehead atoms. The minimum Gasteiger partial charge on any atom is -0.464 e. The van der Waals surface area contributed by atoms with Gasteiger partial charge in [-0.3, -0.25) is 0 Å². The summed E-state index contributed by atoms with van der Waals surface area (Å²) in [4.78, 5) is 2.19. The molecule has 0 saturated carbocycles. The molecule has 2 rings (SSSR count). The van der Waals surface area contributed by atoms with Gasteiger partial charge in [0.15, 0.2) is 0 Å². The highest BCUT2D eigenvalue weighted by atomic mass is 16.3. The van der Waals surface area contributed by atoms with Crippen molar-refractivity contribution >= 4 is 11.0 Å². The fourth-order valence-electron chi connectivity index (χ4n) is 2.07. The second-order valence-electron chi connectivity index (χ2n) is 4.80. The molecule has 2 aromatic rings. The Bertz CT molecular complexity index is 476. The molecule has 0 radical (unpaired) electrons. The van der Waals surface area contributed by atoms with E-state index in [0.717, 1.165) is 18.7 Å². The molecule has 0 fully saturated rings. The lowest BCUT2D eigenvalue weighted by atomic mass is 10.1. The fourth-order valence-corrected chi connectivity index (χ4v) is 2.07. The molecule has 1 atom stereocenters. The highest BCUT2D eigenvalue weighted by Crippen LogP contribution is 2.20. The Morgan fingerprint density at radius 2 is 2.06 bits per heavy atom. The Hall–Kier alpha value is -1.32. The maximum absolute atomic E-state index is 5.51. The van der Waals surface area contributed by atoms with Gasteiger partial charge in [0.25, 0.3) is 0 Å². The largest absolute Gasteiger partial charge is 0.464 e. The molecule has 0 aliphatic carbocycles. The van der Waals surface area contributed by atoms with Crippen LogP contribution in [0.15, 0.2) is 34.9 Å². The molecule has 3 nitrogen and oxygen atoms in total. The van der Waals surface area contributed by atoms with Crippen molar-refractivity contribution in [3.8, 4) is 0 Å². The molecule has 1 heterocycles. The number of nitrogens with one attached hydrogen (secondary N) is 1. The molecule has 3 heteroatoms. The Balaban J connectivity index is 1.99. The minimum absolute atomic E-state index is 0.471. The van der Waals surface area contributed by atoms with Gasteiger partial charge in [-0.2, -0.15) is 0 Å². The van der Waals surface area contributed by atoms with Crippen molar-refractivity contribution in [2.75, 3.05) is 20.6 Å². The van der Waals surface area contributed by atoms with E-state index in [1.165, 1.54) is 10.9 Å². The van der Waals surface area contributed by atoms with E-state index in [0.29, 0.717) is 6.04 Å². The van der Waals surface area contributed by atoms with Crippen molar-refractivity contribution in [2.24, 2.45) is 0 Å². The third-order valence-electron chi connectivity index (χ3n) is 2.84. The first-order valence-electron chi connectivity index (χ1n) is 6.00. The quantitative estimate of drug-likeness (QED) is 0.858. The van der Waals surface area contributed by atoms with Crippen molar-refractivity contribution in [1.29, 1.82) is 0 Å². The lowest BCUT2D eigenvalue weighted by molar-refractivity contribution is 0.349. The molecule has 1 unspecified atom stereocenters. The zero-order valence-electron chi connectivity index (χ0n) is 10.7. The van der Waals surface area contributed by atoms with Crippen LogP contribution < -0.4 is 5.32 Å². The summed E-state index contributed by atoms with van der Waals surface area (Å²) in [7, 11) is 4.18. The van der Waals surface area contributed by atoms with Crippen LogP contribution in [-0.4, -0.2) is 31.6 Å². The van der Waals surface area contributed by atoms with Crippen molar-refractivity contribution < 1.29 is 4.42 Å². The minimum atomic E-state index is 0.471. The van der Waals surface area contributed by atoms with E-state index in [1.807, 2.05) is 24.5 Å². The lowest BCUT2D eigenvalue weighted by Crippen LogP contribution is -2.35. The zero-order valence-corrected chi connectivity index (χ0v) is 10.7. The van der Waals surface area contributed by atoms with E-state index in [9.17, 15) is 0 Å². The van der Waals surface area contributed by atoms with E-state index in [-0.39, 0.29) is 0 Å². The SMILES string of the molecule is CC(CN(C)C)NCc1coc2ccccc12. The van der Waals surface area contributed by atoms with Gasteiger partial charge in [-0.1, -0.05) is 18.2 Å². The zero-order chi connectivity index (χ0) is 12.3. The first kappa shape index (κ1) is 12.1. The number of rotatable bonds is 5. The summed E-state index contributed by atoms with van der Waals surface area (Å²) < 4.78 is 5.51. The molecule has 0 aliphatic rings. The van der Waals surface area contributed by atoms with Crippen molar-refractivity contribution in [1.82, 2.24) is 10.2 Å². The van der Waals surface area contributed by atoms with Gasteiger partial charge in [0.1, 0.15) is 5.58 Å². The normalized spacial score (nSPS) is 13.4. The Morgan fingerprint density at radius 1 is 1.29 bits per heavy atom. The second-order valence-corrected chi connectivity index (χ2v) is 4.80. The summed E-state index contributed by atoms with van der Waals surface area (Å²) in [6.45, 7) is 4.09. The van der Waals surface area contributed by atoms with Crippen LogP contribution in [0.2, 0.25) is 0 Å². The molecule has 0 spiro atoms. The summed E-state index contributed by atoms with van der Waals surface area (Å²) in [6.07, 6.45) is 1.85. The van der Waals surface area contributed by atoms with Crippen LogP contribution in [0.4, 0.5) is 0 Å². The van der Waals surface area contributed by atoms with Gasteiger partial charge in [0.05, 0.1) is 6.26 Å². The van der Waals surface area contributed by atoms with Gasteiger partial charge in [0.2, 0.25) is 0 Å². The van der Waals surface area contributed by atoms with Crippen LogP contribution in [0.3, 0.4) is 0 Å². The van der Waals surface area contributed by atoms with E-state index in [4.69, 9.17) is 4.42 Å². The summed E-state index contributed by atoms with van der Waals surface area (Å²) >= 11 is 0. The topological polar surface area (TPSA) is 28.4 Å². The molecular formula is C14H20N2O. The van der Waals surface area contributed by atoms with Crippen LogP contribution in [0.25, 0.3) is 11.0 Å². The molecule has 1 aromatic heterocycles. The Kier molecular flexibility index (Phi) is 3.82. The number of fused-ring (bicyclic) bond motifs is 1. The van der Waals surface area contributed by atoms with Gasteiger partial charge in [-0.25, -0.2) is 0 Å². The number of nitrogens with zero attached hydrogens (tertiary/aromatic N) is 1. The van der Waals surface area contributed by atoms with Gasteiger partial charge in [0, 0.05) is 30.1 Å². The van der Waals surface area contributed by atoms with E-state index in [2.05, 4.69) is 37.3 Å². The molecule has 1 aromatic carbocycles. The summed E-state index contributed by atoms with van der Waals surface area (Å²) in [5, 5.41) is 4.71. The number of para-hydroxylation sites is 1.